The van der Waals surface area contributed by atoms with Crippen molar-refractivity contribution < 1.29 is 32.2 Å². The summed E-state index contributed by atoms with van der Waals surface area (Å²) in [7, 11) is -1.79. The van der Waals surface area contributed by atoms with Crippen LogP contribution < -0.4 is 0 Å². The third-order valence-electron chi connectivity index (χ3n) is 4.77. The molecule has 0 spiro atoms. The summed E-state index contributed by atoms with van der Waals surface area (Å²) in [5.74, 6) is -1.51. The number of esters is 2. The van der Waals surface area contributed by atoms with Gasteiger partial charge >= 0.3 is 11.9 Å². The number of ether oxygens (including phenoxy) is 3. The van der Waals surface area contributed by atoms with Crippen molar-refractivity contribution in [2.75, 3.05) is 27.4 Å². The number of carbonyl (C=O) groups is 2. The summed E-state index contributed by atoms with van der Waals surface area (Å²) in [6.45, 7) is 0.856. The zero-order valence-corrected chi connectivity index (χ0v) is 18.3. The molecule has 1 saturated heterocycles. The van der Waals surface area contributed by atoms with Crippen molar-refractivity contribution in [2.45, 2.75) is 30.4 Å². The molecule has 0 amide bonds. The van der Waals surface area contributed by atoms with Gasteiger partial charge in [0.25, 0.3) is 0 Å². The number of nitrogens with zero attached hydrogens (tertiary/aromatic N) is 1. The van der Waals surface area contributed by atoms with Crippen molar-refractivity contribution in [2.24, 2.45) is 0 Å². The van der Waals surface area contributed by atoms with Gasteiger partial charge in [-0.3, -0.25) is 0 Å². The maximum atomic E-state index is 13.7. The van der Waals surface area contributed by atoms with Crippen LogP contribution in [0.25, 0.3) is 0 Å². The van der Waals surface area contributed by atoms with E-state index in [1.165, 1.54) is 42.0 Å². The Morgan fingerprint density at radius 3 is 2.57 bits per heavy atom. The quantitative estimate of drug-likeness (QED) is 0.567. The number of benzene rings is 1. The van der Waals surface area contributed by atoms with Crippen molar-refractivity contribution in [3.63, 3.8) is 0 Å². The Hall–Kier alpha value is -2.27. The first kappa shape index (κ1) is 22.4. The van der Waals surface area contributed by atoms with E-state index >= 15 is 0 Å². The molecule has 2 heterocycles. The fourth-order valence-electron chi connectivity index (χ4n) is 3.24. The number of methoxy groups -OCH3 is 2. The van der Waals surface area contributed by atoms with Crippen molar-refractivity contribution >= 4 is 33.3 Å². The zero-order chi connectivity index (χ0) is 21.7. The minimum atomic E-state index is -4.16. The van der Waals surface area contributed by atoms with Crippen molar-refractivity contribution in [1.29, 1.82) is 0 Å². The molecule has 162 valence electrons. The molecule has 1 aliphatic heterocycles. The molecule has 1 aromatic carbocycles. The minimum absolute atomic E-state index is 0.0249. The first-order valence-corrected chi connectivity index (χ1v) is 11.6. The molecule has 0 bridgehead atoms. The van der Waals surface area contributed by atoms with Crippen LogP contribution in [0.1, 0.15) is 38.4 Å². The molecule has 30 heavy (non-hydrogen) atoms. The van der Waals surface area contributed by atoms with Crippen LogP contribution in [0.4, 0.5) is 0 Å². The molecule has 1 aliphatic rings. The fourth-order valence-corrected chi connectivity index (χ4v) is 5.69. The van der Waals surface area contributed by atoms with Gasteiger partial charge in [0.2, 0.25) is 10.0 Å². The van der Waals surface area contributed by atoms with E-state index in [2.05, 4.69) is 0 Å². The van der Waals surface area contributed by atoms with E-state index in [0.29, 0.717) is 6.61 Å². The standard InChI is InChI=1S/C20H23NO7S2/c1-26-19(22)14-7-8-17(20(23)27-2)18(11-14)30(24,25)21(12-15-5-3-9-28-15)13-16-6-4-10-29-16/h4,6-8,10-11,15H,3,5,9,12-13H2,1-2H3. The summed E-state index contributed by atoms with van der Waals surface area (Å²) >= 11 is 1.43. The Kier molecular flexibility index (Phi) is 7.24. The summed E-state index contributed by atoms with van der Waals surface area (Å²) < 4.78 is 43.7. The summed E-state index contributed by atoms with van der Waals surface area (Å²) in [5, 5.41) is 1.87. The third kappa shape index (κ3) is 4.89. The second-order valence-corrected chi connectivity index (χ2v) is 9.64. The second-order valence-electron chi connectivity index (χ2n) is 6.71. The van der Waals surface area contributed by atoms with Gasteiger partial charge in [-0.2, -0.15) is 4.31 Å². The Morgan fingerprint density at radius 2 is 1.97 bits per heavy atom. The van der Waals surface area contributed by atoms with E-state index in [1.54, 1.807) is 0 Å². The highest BCUT2D eigenvalue weighted by Gasteiger charge is 2.33. The van der Waals surface area contributed by atoms with Gasteiger partial charge < -0.3 is 14.2 Å². The molecule has 1 aromatic heterocycles. The van der Waals surface area contributed by atoms with E-state index in [0.717, 1.165) is 23.8 Å². The maximum Gasteiger partial charge on any atom is 0.339 e. The van der Waals surface area contributed by atoms with E-state index in [9.17, 15) is 18.0 Å². The van der Waals surface area contributed by atoms with Crippen LogP contribution in [0.15, 0.2) is 40.6 Å². The largest absolute Gasteiger partial charge is 0.465 e. The Bertz CT molecular complexity index is 996. The third-order valence-corrected chi connectivity index (χ3v) is 7.48. The monoisotopic (exact) mass is 453 g/mol. The van der Waals surface area contributed by atoms with Crippen molar-refractivity contribution in [3.05, 3.63) is 51.7 Å². The van der Waals surface area contributed by atoms with Gasteiger partial charge in [0.1, 0.15) is 0 Å². The molecule has 2 aromatic rings. The van der Waals surface area contributed by atoms with Gasteiger partial charge in [0.05, 0.1) is 36.3 Å². The van der Waals surface area contributed by atoms with Gasteiger partial charge in [-0.25, -0.2) is 18.0 Å². The molecular formula is C20H23NO7S2. The Morgan fingerprint density at radius 1 is 1.20 bits per heavy atom. The molecule has 1 unspecified atom stereocenters. The van der Waals surface area contributed by atoms with Gasteiger partial charge in [-0.05, 0) is 42.5 Å². The van der Waals surface area contributed by atoms with Crippen LogP contribution in [-0.4, -0.2) is 58.1 Å². The van der Waals surface area contributed by atoms with E-state index in [1.807, 2.05) is 17.5 Å². The van der Waals surface area contributed by atoms with Crippen molar-refractivity contribution in [1.82, 2.24) is 4.31 Å². The number of thiophene rings is 1. The molecule has 0 radical (unpaired) electrons. The highest BCUT2D eigenvalue weighted by molar-refractivity contribution is 7.89. The normalized spacial score (nSPS) is 16.6. The van der Waals surface area contributed by atoms with Crippen LogP contribution in [0.2, 0.25) is 0 Å². The lowest BCUT2D eigenvalue weighted by Crippen LogP contribution is -2.37. The summed E-state index contributed by atoms with van der Waals surface area (Å²) in [6.07, 6.45) is 1.38. The number of rotatable bonds is 8. The smallest absolute Gasteiger partial charge is 0.339 e. The SMILES string of the molecule is COC(=O)c1ccc(C(=O)OC)c(S(=O)(=O)N(Cc2cccs2)CC2CCCO2)c1. The van der Waals surface area contributed by atoms with E-state index in [4.69, 9.17) is 14.2 Å². The zero-order valence-electron chi connectivity index (χ0n) is 16.7. The maximum absolute atomic E-state index is 13.7. The summed E-state index contributed by atoms with van der Waals surface area (Å²) in [6, 6.07) is 7.44. The van der Waals surface area contributed by atoms with E-state index in [-0.39, 0.29) is 35.2 Å². The van der Waals surface area contributed by atoms with Crippen molar-refractivity contribution in [3.8, 4) is 0 Å². The molecule has 10 heteroatoms. The molecule has 8 nitrogen and oxygen atoms in total. The highest BCUT2D eigenvalue weighted by atomic mass is 32.2. The minimum Gasteiger partial charge on any atom is -0.465 e. The van der Waals surface area contributed by atoms with Crippen LogP contribution in [-0.2, 0) is 30.8 Å². The first-order chi connectivity index (χ1) is 14.4. The molecule has 0 aliphatic carbocycles. The van der Waals surface area contributed by atoms with Crippen LogP contribution in [0.5, 0.6) is 0 Å². The molecule has 1 fully saturated rings. The predicted molar refractivity (Wildman–Crippen MR) is 110 cm³/mol. The van der Waals surface area contributed by atoms with Gasteiger partial charge in [0, 0.05) is 24.6 Å². The number of hydrogen-bond donors (Lipinski definition) is 0. The second kappa shape index (κ2) is 9.69. The van der Waals surface area contributed by atoms with Gasteiger partial charge in [0.15, 0.2) is 0 Å². The molecule has 0 N–H and O–H groups in total. The number of carbonyl (C=O) groups excluding carboxylic acids is 2. The summed E-state index contributed by atoms with van der Waals surface area (Å²) in [5.41, 5.74) is -0.120. The molecule has 1 atom stereocenters. The average Bonchev–Trinajstić information content (AvgIpc) is 3.46. The van der Waals surface area contributed by atoms with Gasteiger partial charge in [-0.1, -0.05) is 6.07 Å². The van der Waals surface area contributed by atoms with E-state index < -0.39 is 22.0 Å². The lowest BCUT2D eigenvalue weighted by Gasteiger charge is -2.25. The Labute approximate surface area is 179 Å². The lowest BCUT2D eigenvalue weighted by molar-refractivity contribution is 0.0583. The van der Waals surface area contributed by atoms with Crippen LogP contribution in [0.3, 0.4) is 0 Å². The topological polar surface area (TPSA) is 99.2 Å². The van der Waals surface area contributed by atoms with Crippen LogP contribution in [0, 0.1) is 0 Å². The van der Waals surface area contributed by atoms with Crippen LogP contribution >= 0.6 is 11.3 Å². The fraction of sp³-hybridized carbons (Fsp3) is 0.400. The highest BCUT2D eigenvalue weighted by Crippen LogP contribution is 2.27. The first-order valence-electron chi connectivity index (χ1n) is 9.31. The Balaban J connectivity index is 2.07. The van der Waals surface area contributed by atoms with Gasteiger partial charge in [-0.15, -0.1) is 11.3 Å². The summed E-state index contributed by atoms with van der Waals surface area (Å²) in [4.78, 5) is 24.8. The molecule has 3 rings (SSSR count). The molecular weight excluding hydrogens is 430 g/mol. The predicted octanol–water partition coefficient (Wildman–Crippen LogP) is 2.69. The number of hydrogen-bond acceptors (Lipinski definition) is 8. The molecule has 0 saturated carbocycles. The lowest BCUT2D eigenvalue weighted by atomic mass is 10.1. The average molecular weight is 454 g/mol. The number of sulfonamides is 1.